The first kappa shape index (κ1) is 12.6. The van der Waals surface area contributed by atoms with Gasteiger partial charge in [0, 0.05) is 10.8 Å². The predicted octanol–water partition coefficient (Wildman–Crippen LogP) is 3.35. The molecule has 22 heavy (non-hydrogen) atoms. The van der Waals surface area contributed by atoms with E-state index in [4.69, 9.17) is 0 Å². The van der Waals surface area contributed by atoms with Crippen molar-refractivity contribution in [3.05, 3.63) is 71.8 Å². The van der Waals surface area contributed by atoms with Crippen LogP contribution in [0.1, 0.15) is 20.7 Å². The van der Waals surface area contributed by atoms with E-state index in [9.17, 15) is 14.7 Å². The first-order valence-electron chi connectivity index (χ1n) is 6.87. The van der Waals surface area contributed by atoms with E-state index in [1.807, 2.05) is 0 Å². The van der Waals surface area contributed by atoms with Gasteiger partial charge in [-0.15, -0.1) is 0 Å². The minimum Gasteiger partial charge on any atom is -0.507 e. The van der Waals surface area contributed by atoms with Crippen LogP contribution in [-0.2, 0) is 0 Å². The quantitative estimate of drug-likeness (QED) is 0.699. The molecular formula is C18H11NO3. The van der Waals surface area contributed by atoms with Crippen LogP contribution >= 0.6 is 0 Å². The number of benzene rings is 3. The summed E-state index contributed by atoms with van der Waals surface area (Å²) >= 11 is 0. The van der Waals surface area contributed by atoms with Crippen LogP contribution in [0.3, 0.4) is 0 Å². The molecule has 1 N–H and O–H groups in total. The Hall–Kier alpha value is -3.14. The van der Waals surface area contributed by atoms with Crippen molar-refractivity contribution in [2.24, 2.45) is 0 Å². The van der Waals surface area contributed by atoms with Gasteiger partial charge >= 0.3 is 0 Å². The zero-order valence-corrected chi connectivity index (χ0v) is 11.5. The Morgan fingerprint density at radius 1 is 0.682 bits per heavy atom. The molecule has 0 saturated carbocycles. The average molecular weight is 289 g/mol. The number of hydrogen-bond acceptors (Lipinski definition) is 3. The molecule has 4 heteroatoms. The second-order valence-corrected chi connectivity index (χ2v) is 5.14. The van der Waals surface area contributed by atoms with Gasteiger partial charge < -0.3 is 5.11 Å². The van der Waals surface area contributed by atoms with Crippen LogP contribution in [0.4, 0.5) is 5.69 Å². The van der Waals surface area contributed by atoms with Crippen LogP contribution in [0, 0.1) is 0 Å². The maximum atomic E-state index is 12.6. The lowest BCUT2D eigenvalue weighted by atomic mass is 10.1. The van der Waals surface area contributed by atoms with Crippen LogP contribution < -0.4 is 4.90 Å². The minimum absolute atomic E-state index is 0.121. The van der Waals surface area contributed by atoms with Crippen LogP contribution in [0.25, 0.3) is 10.8 Å². The highest BCUT2D eigenvalue weighted by atomic mass is 16.3. The lowest BCUT2D eigenvalue weighted by Crippen LogP contribution is -2.29. The molecule has 4 nitrogen and oxygen atoms in total. The molecule has 0 fully saturated rings. The highest BCUT2D eigenvalue weighted by Gasteiger charge is 2.36. The molecule has 0 saturated heterocycles. The molecule has 0 radical (unpaired) electrons. The zero-order valence-electron chi connectivity index (χ0n) is 11.5. The Morgan fingerprint density at radius 3 is 1.95 bits per heavy atom. The summed E-state index contributed by atoms with van der Waals surface area (Å²) < 4.78 is 0. The van der Waals surface area contributed by atoms with Gasteiger partial charge in [0.1, 0.15) is 5.75 Å². The molecule has 0 spiro atoms. The topological polar surface area (TPSA) is 57.6 Å². The third kappa shape index (κ3) is 1.58. The average Bonchev–Trinajstić information content (AvgIpc) is 2.80. The van der Waals surface area contributed by atoms with E-state index in [-0.39, 0.29) is 17.6 Å². The fourth-order valence-corrected chi connectivity index (χ4v) is 2.88. The second kappa shape index (κ2) is 4.43. The van der Waals surface area contributed by atoms with E-state index >= 15 is 0 Å². The third-order valence-corrected chi connectivity index (χ3v) is 3.91. The van der Waals surface area contributed by atoms with Crippen molar-refractivity contribution < 1.29 is 14.7 Å². The highest BCUT2D eigenvalue weighted by Crippen LogP contribution is 2.36. The normalized spacial score (nSPS) is 13.7. The number of phenolic OH excluding ortho intramolecular Hbond substituents is 1. The van der Waals surface area contributed by atoms with E-state index < -0.39 is 0 Å². The van der Waals surface area contributed by atoms with Crippen molar-refractivity contribution in [1.29, 1.82) is 0 Å². The van der Waals surface area contributed by atoms with Gasteiger partial charge in [-0.1, -0.05) is 36.4 Å². The molecule has 2 amide bonds. The molecule has 3 aromatic carbocycles. The number of amides is 2. The third-order valence-electron chi connectivity index (χ3n) is 3.91. The SMILES string of the molecule is O=C1c2ccccc2C(=O)N1c1cccc2c(O)cccc12. The predicted molar refractivity (Wildman–Crippen MR) is 83.2 cm³/mol. The van der Waals surface area contributed by atoms with Gasteiger partial charge in [-0.25, -0.2) is 4.90 Å². The molecule has 106 valence electrons. The Bertz CT molecular complexity index is 911. The zero-order chi connectivity index (χ0) is 15.3. The number of carbonyl (C=O) groups is 2. The Labute approximate surface area is 126 Å². The minimum atomic E-state index is -0.337. The van der Waals surface area contributed by atoms with E-state index in [0.717, 1.165) is 0 Å². The summed E-state index contributed by atoms with van der Waals surface area (Å²) in [6, 6.07) is 17.0. The maximum absolute atomic E-state index is 12.6. The number of aromatic hydroxyl groups is 1. The summed E-state index contributed by atoms with van der Waals surface area (Å²) in [5, 5.41) is 11.2. The van der Waals surface area contributed by atoms with Crippen LogP contribution in [0.15, 0.2) is 60.7 Å². The number of hydrogen-bond donors (Lipinski definition) is 1. The number of rotatable bonds is 1. The number of fused-ring (bicyclic) bond motifs is 2. The number of carbonyl (C=O) groups excluding carboxylic acids is 2. The summed E-state index contributed by atoms with van der Waals surface area (Å²) in [5.74, 6) is -0.552. The fraction of sp³-hybridized carbons (Fsp3) is 0. The van der Waals surface area contributed by atoms with Gasteiger partial charge in [0.2, 0.25) is 0 Å². The number of imide groups is 1. The number of phenols is 1. The second-order valence-electron chi connectivity index (χ2n) is 5.14. The van der Waals surface area contributed by atoms with Crippen LogP contribution in [0.5, 0.6) is 5.75 Å². The van der Waals surface area contributed by atoms with Crippen molar-refractivity contribution in [3.8, 4) is 5.75 Å². The summed E-state index contributed by atoms with van der Waals surface area (Å²) in [5.41, 5.74) is 1.30. The molecule has 0 atom stereocenters. The summed E-state index contributed by atoms with van der Waals surface area (Å²) in [4.78, 5) is 26.3. The van der Waals surface area contributed by atoms with E-state index in [1.54, 1.807) is 60.7 Å². The molecule has 0 aliphatic carbocycles. The van der Waals surface area contributed by atoms with Gasteiger partial charge in [-0.2, -0.15) is 0 Å². The van der Waals surface area contributed by atoms with E-state index in [2.05, 4.69) is 0 Å². The Balaban J connectivity index is 1.97. The molecule has 4 rings (SSSR count). The summed E-state index contributed by atoms with van der Waals surface area (Å²) in [6.45, 7) is 0. The van der Waals surface area contributed by atoms with Crippen molar-refractivity contribution >= 4 is 28.3 Å². The summed E-state index contributed by atoms with van der Waals surface area (Å²) in [6.07, 6.45) is 0. The molecular weight excluding hydrogens is 278 g/mol. The monoisotopic (exact) mass is 289 g/mol. The largest absolute Gasteiger partial charge is 0.507 e. The van der Waals surface area contributed by atoms with Crippen molar-refractivity contribution in [3.63, 3.8) is 0 Å². The van der Waals surface area contributed by atoms with Crippen molar-refractivity contribution in [1.82, 2.24) is 0 Å². The number of anilines is 1. The summed E-state index contributed by atoms with van der Waals surface area (Å²) in [7, 11) is 0. The van der Waals surface area contributed by atoms with Crippen LogP contribution in [-0.4, -0.2) is 16.9 Å². The van der Waals surface area contributed by atoms with E-state index in [0.29, 0.717) is 27.6 Å². The van der Waals surface area contributed by atoms with Crippen molar-refractivity contribution in [2.45, 2.75) is 0 Å². The lowest BCUT2D eigenvalue weighted by molar-refractivity contribution is 0.0926. The molecule has 3 aromatic rings. The highest BCUT2D eigenvalue weighted by molar-refractivity contribution is 6.36. The fourth-order valence-electron chi connectivity index (χ4n) is 2.88. The molecule has 0 unspecified atom stereocenters. The number of nitrogens with zero attached hydrogens (tertiary/aromatic N) is 1. The Morgan fingerprint density at radius 2 is 1.27 bits per heavy atom. The van der Waals surface area contributed by atoms with Gasteiger partial charge in [0.25, 0.3) is 11.8 Å². The van der Waals surface area contributed by atoms with Gasteiger partial charge in [-0.3, -0.25) is 9.59 Å². The van der Waals surface area contributed by atoms with Gasteiger partial charge in [-0.05, 0) is 24.3 Å². The lowest BCUT2D eigenvalue weighted by Gasteiger charge is -2.16. The first-order valence-corrected chi connectivity index (χ1v) is 6.87. The van der Waals surface area contributed by atoms with Gasteiger partial charge in [0.05, 0.1) is 16.8 Å². The molecule has 0 aromatic heterocycles. The molecule has 1 heterocycles. The van der Waals surface area contributed by atoms with Crippen molar-refractivity contribution in [2.75, 3.05) is 4.90 Å². The Kier molecular flexibility index (Phi) is 2.53. The standard InChI is InChI=1S/C18H11NO3/c20-16-10-4-7-11-12(16)8-3-9-15(11)19-17(21)13-5-1-2-6-14(13)18(19)22/h1-10,20H. The van der Waals surface area contributed by atoms with Gasteiger partial charge in [0.15, 0.2) is 0 Å². The molecule has 1 aliphatic rings. The molecule has 0 bridgehead atoms. The molecule has 1 aliphatic heterocycles. The smallest absolute Gasteiger partial charge is 0.266 e. The van der Waals surface area contributed by atoms with Crippen LogP contribution in [0.2, 0.25) is 0 Å². The first-order chi connectivity index (χ1) is 10.7. The maximum Gasteiger partial charge on any atom is 0.266 e. The van der Waals surface area contributed by atoms with E-state index in [1.165, 1.54) is 4.90 Å².